The summed E-state index contributed by atoms with van der Waals surface area (Å²) in [5.41, 5.74) is 1.85. The number of hydrogen-bond donors (Lipinski definition) is 3. The highest BCUT2D eigenvalue weighted by Gasteiger charge is 2.27. The second kappa shape index (κ2) is 9.11. The van der Waals surface area contributed by atoms with Gasteiger partial charge in [0.2, 0.25) is 5.88 Å². The molecule has 0 spiro atoms. The Morgan fingerprint density at radius 1 is 1.23 bits per heavy atom. The maximum atomic E-state index is 12.9. The quantitative estimate of drug-likeness (QED) is 0.445. The lowest BCUT2D eigenvalue weighted by atomic mass is 10.0. The van der Waals surface area contributed by atoms with Gasteiger partial charge in [0.15, 0.2) is 4.77 Å². The third-order valence-corrected chi connectivity index (χ3v) is 6.85. The number of nitrogens with zero attached hydrogens (tertiary/aromatic N) is 2. The normalized spacial score (nSPS) is 15.8. The lowest BCUT2D eigenvalue weighted by Crippen LogP contribution is -2.24. The molecule has 1 atom stereocenters. The molecular weight excluding hydrogens is 430 g/mol. The molecule has 3 N–H and O–H groups in total. The number of fused-ring (bicyclic) bond motifs is 1. The highest BCUT2D eigenvalue weighted by Crippen LogP contribution is 2.46. The first-order chi connectivity index (χ1) is 15.0. The number of aromatic hydroxyl groups is 2. The molecule has 0 unspecified atom stereocenters. The monoisotopic (exact) mass is 453 g/mol. The van der Waals surface area contributed by atoms with Crippen molar-refractivity contribution in [2.75, 3.05) is 0 Å². The van der Waals surface area contributed by atoms with E-state index < -0.39 is 5.56 Å². The summed E-state index contributed by atoms with van der Waals surface area (Å²) in [4.78, 5) is 21.3. The van der Waals surface area contributed by atoms with Gasteiger partial charge in [0, 0.05) is 23.1 Å². The first kappa shape index (κ1) is 21.4. The summed E-state index contributed by atoms with van der Waals surface area (Å²) in [6.07, 6.45) is 2.16. The Labute approximate surface area is 189 Å². The van der Waals surface area contributed by atoms with Crippen LogP contribution in [0, 0.1) is 4.77 Å². The topological polar surface area (TPSA) is 90.6 Å². The number of aromatic amines is 1. The molecule has 160 valence electrons. The number of rotatable bonds is 5. The molecule has 0 bridgehead atoms. The number of aliphatic imine (C=N–C) groups is 1. The fraction of sp³-hybridized carbons (Fsp3) is 0.261. The molecule has 0 saturated carbocycles. The number of nitrogens with one attached hydrogen (secondary N) is 1. The molecule has 2 heterocycles. The highest BCUT2D eigenvalue weighted by molar-refractivity contribution is 7.99. The van der Waals surface area contributed by atoms with Crippen molar-refractivity contribution in [2.45, 2.75) is 42.9 Å². The van der Waals surface area contributed by atoms with E-state index in [-0.39, 0.29) is 27.2 Å². The SMILES string of the molecule is CCCCn1c(O)c(C2=Nc3ccccc3S[C@H](c3cccc(O)c3)C2)c(=O)[nH]c1=S. The Balaban J connectivity index is 1.88. The minimum atomic E-state index is -0.451. The van der Waals surface area contributed by atoms with E-state index >= 15 is 0 Å². The van der Waals surface area contributed by atoms with Gasteiger partial charge in [-0.05, 0) is 48.5 Å². The van der Waals surface area contributed by atoms with E-state index in [1.54, 1.807) is 34.5 Å². The van der Waals surface area contributed by atoms with Crippen LogP contribution < -0.4 is 5.56 Å². The zero-order valence-corrected chi connectivity index (χ0v) is 18.7. The molecule has 4 rings (SSSR count). The second-order valence-corrected chi connectivity index (χ2v) is 9.03. The number of benzene rings is 2. The van der Waals surface area contributed by atoms with Crippen LogP contribution >= 0.6 is 24.0 Å². The summed E-state index contributed by atoms with van der Waals surface area (Å²) < 4.78 is 1.76. The lowest BCUT2D eigenvalue weighted by molar-refractivity contribution is 0.398. The third-order valence-electron chi connectivity index (χ3n) is 5.21. The average molecular weight is 454 g/mol. The van der Waals surface area contributed by atoms with Crippen molar-refractivity contribution in [3.63, 3.8) is 0 Å². The predicted molar refractivity (Wildman–Crippen MR) is 126 cm³/mol. The van der Waals surface area contributed by atoms with Gasteiger partial charge < -0.3 is 10.2 Å². The highest BCUT2D eigenvalue weighted by atomic mass is 32.2. The third kappa shape index (κ3) is 4.45. The molecule has 3 aromatic rings. The summed E-state index contributed by atoms with van der Waals surface area (Å²) in [5, 5.41) is 20.9. The van der Waals surface area contributed by atoms with Gasteiger partial charge in [-0.1, -0.05) is 37.6 Å². The van der Waals surface area contributed by atoms with Crippen LogP contribution in [0.25, 0.3) is 0 Å². The van der Waals surface area contributed by atoms with Crippen molar-refractivity contribution in [1.29, 1.82) is 0 Å². The number of hydrogen-bond acceptors (Lipinski definition) is 6. The van der Waals surface area contributed by atoms with Crippen LogP contribution in [0.1, 0.15) is 42.6 Å². The Hall–Kier alpha value is -2.84. The maximum Gasteiger partial charge on any atom is 0.264 e. The van der Waals surface area contributed by atoms with Crippen molar-refractivity contribution in [3.8, 4) is 11.6 Å². The Morgan fingerprint density at radius 2 is 2.03 bits per heavy atom. The predicted octanol–water partition coefficient (Wildman–Crippen LogP) is 5.48. The van der Waals surface area contributed by atoms with Crippen LogP contribution in [0.3, 0.4) is 0 Å². The fourth-order valence-electron chi connectivity index (χ4n) is 3.62. The molecule has 2 aromatic carbocycles. The van der Waals surface area contributed by atoms with Gasteiger partial charge in [-0.25, -0.2) is 0 Å². The van der Waals surface area contributed by atoms with Gasteiger partial charge in [-0.15, -0.1) is 11.8 Å². The minimum absolute atomic E-state index is 0.0967. The second-order valence-electron chi connectivity index (χ2n) is 7.39. The summed E-state index contributed by atoms with van der Waals surface area (Å²) in [5.74, 6) is 0.0303. The van der Waals surface area contributed by atoms with Gasteiger partial charge in [-0.2, -0.15) is 0 Å². The van der Waals surface area contributed by atoms with Crippen molar-refractivity contribution < 1.29 is 10.2 Å². The lowest BCUT2D eigenvalue weighted by Gasteiger charge is -2.17. The van der Waals surface area contributed by atoms with E-state index in [2.05, 4.69) is 11.9 Å². The van der Waals surface area contributed by atoms with Crippen LogP contribution in [-0.4, -0.2) is 25.5 Å². The summed E-state index contributed by atoms with van der Waals surface area (Å²) in [6, 6.07) is 14.8. The largest absolute Gasteiger partial charge is 0.508 e. The van der Waals surface area contributed by atoms with E-state index in [1.165, 1.54) is 0 Å². The molecule has 0 fully saturated rings. The van der Waals surface area contributed by atoms with Gasteiger partial charge >= 0.3 is 0 Å². The number of phenols is 1. The number of aromatic nitrogens is 2. The molecule has 0 saturated heterocycles. The Bertz CT molecular complexity index is 1260. The molecule has 8 heteroatoms. The van der Waals surface area contributed by atoms with Gasteiger partial charge in [-0.3, -0.25) is 19.3 Å². The molecule has 6 nitrogen and oxygen atoms in total. The van der Waals surface area contributed by atoms with Crippen molar-refractivity contribution in [1.82, 2.24) is 9.55 Å². The fourth-order valence-corrected chi connectivity index (χ4v) is 5.12. The molecule has 1 aliphatic rings. The standard InChI is InChI=1S/C23H23N3O3S2/c1-2-3-11-26-22(29)20(21(28)25-23(26)30)17-13-19(14-7-6-8-15(27)12-14)31-18-10-5-4-9-16(18)24-17/h4-10,12,19,27,29H,2-3,11,13H2,1H3,(H,25,28,30)/t19-/m0/s1. The van der Waals surface area contributed by atoms with E-state index in [9.17, 15) is 15.0 Å². The molecule has 1 aliphatic heterocycles. The summed E-state index contributed by atoms with van der Waals surface area (Å²) in [6.45, 7) is 2.57. The van der Waals surface area contributed by atoms with Gasteiger partial charge in [0.25, 0.3) is 5.56 Å². The van der Waals surface area contributed by atoms with Crippen molar-refractivity contribution in [2.24, 2.45) is 4.99 Å². The smallest absolute Gasteiger partial charge is 0.264 e. The number of unbranched alkanes of at least 4 members (excludes halogenated alkanes) is 1. The molecule has 1 aromatic heterocycles. The molecular formula is C23H23N3O3S2. The molecule has 0 radical (unpaired) electrons. The van der Waals surface area contributed by atoms with E-state index in [0.29, 0.717) is 18.7 Å². The number of thioether (sulfide) groups is 1. The number of phenolic OH excluding ortho intramolecular Hbond substituents is 1. The minimum Gasteiger partial charge on any atom is -0.508 e. The number of para-hydroxylation sites is 1. The van der Waals surface area contributed by atoms with Crippen LogP contribution in [0.2, 0.25) is 0 Å². The number of H-pyrrole nitrogens is 1. The molecule has 31 heavy (non-hydrogen) atoms. The van der Waals surface area contributed by atoms with E-state index in [1.807, 2.05) is 30.3 Å². The molecule has 0 amide bonds. The van der Waals surface area contributed by atoms with Crippen LogP contribution in [0.15, 0.2) is 63.2 Å². The zero-order valence-electron chi connectivity index (χ0n) is 17.0. The molecule has 0 aliphatic carbocycles. The van der Waals surface area contributed by atoms with E-state index in [4.69, 9.17) is 17.2 Å². The van der Waals surface area contributed by atoms with Crippen molar-refractivity contribution in [3.05, 3.63) is 74.8 Å². The van der Waals surface area contributed by atoms with Gasteiger partial charge in [0.05, 0.1) is 11.4 Å². The van der Waals surface area contributed by atoms with Crippen LogP contribution in [-0.2, 0) is 6.54 Å². The summed E-state index contributed by atoms with van der Waals surface area (Å²) >= 11 is 6.90. The first-order valence-corrected chi connectivity index (χ1v) is 11.5. The van der Waals surface area contributed by atoms with Crippen molar-refractivity contribution >= 4 is 35.4 Å². The summed E-state index contributed by atoms with van der Waals surface area (Å²) in [7, 11) is 0. The first-order valence-electron chi connectivity index (χ1n) is 10.2. The van der Waals surface area contributed by atoms with Gasteiger partial charge in [0.1, 0.15) is 11.3 Å². The zero-order chi connectivity index (χ0) is 22.0. The average Bonchev–Trinajstić information content (AvgIpc) is 2.93. The van der Waals surface area contributed by atoms with E-state index in [0.717, 1.165) is 29.0 Å². The van der Waals surface area contributed by atoms with Crippen LogP contribution in [0.5, 0.6) is 11.6 Å². The Morgan fingerprint density at radius 3 is 2.81 bits per heavy atom. The van der Waals surface area contributed by atoms with Crippen LogP contribution in [0.4, 0.5) is 5.69 Å². The maximum absolute atomic E-state index is 12.9. The Kier molecular flexibility index (Phi) is 6.29.